The minimum Gasteiger partial charge on any atom is -0.480 e. The van der Waals surface area contributed by atoms with Gasteiger partial charge in [0.2, 0.25) is 5.91 Å². The van der Waals surface area contributed by atoms with Gasteiger partial charge in [0.15, 0.2) is 0 Å². The normalized spacial score (nSPS) is 12.2. The highest BCUT2D eigenvalue weighted by molar-refractivity contribution is 5.74. The molecule has 1 heterocycles. The molecule has 0 saturated carbocycles. The number of hydroxylamine groups is 1. The molecule has 1 atom stereocenters. The van der Waals surface area contributed by atoms with Crippen LogP contribution < -0.4 is 10.8 Å². The number of hydrogen-bond acceptors (Lipinski definition) is 5. The van der Waals surface area contributed by atoms with Crippen molar-refractivity contribution in [2.45, 2.75) is 45.7 Å². The van der Waals surface area contributed by atoms with Crippen LogP contribution in [-0.4, -0.2) is 33.2 Å². The number of aliphatic carboxylic acids is 1. The molecule has 1 aromatic heterocycles. The predicted molar refractivity (Wildman–Crippen MR) is 80.2 cm³/mol. The van der Waals surface area contributed by atoms with Crippen molar-refractivity contribution in [2.75, 3.05) is 0 Å². The van der Waals surface area contributed by atoms with Crippen LogP contribution in [0.3, 0.4) is 0 Å². The molecule has 0 fully saturated rings. The van der Waals surface area contributed by atoms with E-state index in [1.165, 1.54) is 0 Å². The third-order valence-corrected chi connectivity index (χ3v) is 3.19. The molecule has 0 aliphatic carbocycles. The van der Waals surface area contributed by atoms with Crippen molar-refractivity contribution < 1.29 is 19.9 Å². The number of nitrogens with one attached hydrogen (secondary N) is 2. The van der Waals surface area contributed by atoms with Gasteiger partial charge in [0.1, 0.15) is 6.04 Å². The number of carbonyl (C=O) groups is 2. The Balaban J connectivity index is 2.49. The van der Waals surface area contributed by atoms with E-state index in [9.17, 15) is 9.59 Å². The van der Waals surface area contributed by atoms with Crippen LogP contribution in [0.1, 0.15) is 37.9 Å². The van der Waals surface area contributed by atoms with Crippen molar-refractivity contribution in [2.24, 2.45) is 5.92 Å². The quantitative estimate of drug-likeness (QED) is 0.401. The van der Waals surface area contributed by atoms with E-state index in [-0.39, 0.29) is 6.42 Å². The topological polar surface area (TPSA) is 112 Å². The lowest BCUT2D eigenvalue weighted by molar-refractivity contribution is -0.140. The van der Waals surface area contributed by atoms with Gasteiger partial charge >= 0.3 is 5.97 Å². The lowest BCUT2D eigenvalue weighted by atomic mass is 10.0. The van der Waals surface area contributed by atoms with Crippen molar-refractivity contribution in [3.63, 3.8) is 0 Å². The van der Waals surface area contributed by atoms with E-state index in [4.69, 9.17) is 10.3 Å². The summed E-state index contributed by atoms with van der Waals surface area (Å²) in [5, 5.41) is 20.5. The van der Waals surface area contributed by atoms with Crippen LogP contribution >= 0.6 is 0 Å². The van der Waals surface area contributed by atoms with Crippen molar-refractivity contribution >= 4 is 11.9 Å². The summed E-state index contributed by atoms with van der Waals surface area (Å²) in [7, 11) is 0. The van der Waals surface area contributed by atoms with E-state index in [1.54, 1.807) is 17.7 Å². The summed E-state index contributed by atoms with van der Waals surface area (Å²) in [5.41, 5.74) is 3.20. The van der Waals surface area contributed by atoms with E-state index >= 15 is 0 Å². The summed E-state index contributed by atoms with van der Waals surface area (Å²) in [4.78, 5) is 26.3. The van der Waals surface area contributed by atoms with Gasteiger partial charge in [-0.25, -0.2) is 5.48 Å². The van der Waals surface area contributed by atoms with Gasteiger partial charge in [0, 0.05) is 19.2 Å². The second-order valence-corrected chi connectivity index (χ2v) is 5.59. The first-order valence-electron chi connectivity index (χ1n) is 7.25. The number of amides is 1. The van der Waals surface area contributed by atoms with Gasteiger partial charge in [-0.1, -0.05) is 19.9 Å². The molecule has 7 nitrogen and oxygen atoms in total. The number of pyridine rings is 1. The fourth-order valence-corrected chi connectivity index (χ4v) is 1.99. The van der Waals surface area contributed by atoms with Gasteiger partial charge in [0.25, 0.3) is 0 Å². The van der Waals surface area contributed by atoms with Crippen LogP contribution in [0.15, 0.2) is 18.3 Å². The summed E-state index contributed by atoms with van der Waals surface area (Å²) in [6, 6.07) is 3.05. The number of carboxylic acids is 1. The zero-order chi connectivity index (χ0) is 16.5. The largest absolute Gasteiger partial charge is 0.480 e. The molecular formula is C15H23N3O4. The Labute approximate surface area is 129 Å². The van der Waals surface area contributed by atoms with Crippen LogP contribution in [-0.2, 0) is 22.6 Å². The summed E-state index contributed by atoms with van der Waals surface area (Å²) < 4.78 is 0. The monoisotopic (exact) mass is 309 g/mol. The highest BCUT2D eigenvalue weighted by Crippen LogP contribution is 2.07. The minimum atomic E-state index is -0.861. The molecule has 0 spiro atoms. The maximum atomic E-state index is 11.1. The molecule has 1 aromatic rings. The highest BCUT2D eigenvalue weighted by Gasteiger charge is 2.18. The summed E-state index contributed by atoms with van der Waals surface area (Å²) in [6.07, 6.45) is 2.88. The van der Waals surface area contributed by atoms with Gasteiger partial charge < -0.3 is 5.11 Å². The van der Waals surface area contributed by atoms with Crippen LogP contribution in [0.4, 0.5) is 0 Å². The number of aromatic nitrogens is 1. The first kappa shape index (κ1) is 18.1. The molecule has 22 heavy (non-hydrogen) atoms. The van der Waals surface area contributed by atoms with Crippen molar-refractivity contribution in [1.29, 1.82) is 0 Å². The number of carboxylic acid groups (broad SMARTS) is 1. The van der Waals surface area contributed by atoms with E-state index in [0.29, 0.717) is 25.3 Å². The molecular weight excluding hydrogens is 286 g/mol. The van der Waals surface area contributed by atoms with Gasteiger partial charge in [-0.05, 0) is 30.4 Å². The summed E-state index contributed by atoms with van der Waals surface area (Å²) >= 11 is 0. The number of carbonyl (C=O) groups excluding carboxylic acids is 1. The fraction of sp³-hybridized carbons (Fsp3) is 0.533. The second-order valence-electron chi connectivity index (χ2n) is 5.59. The Morgan fingerprint density at radius 2 is 2.05 bits per heavy atom. The first-order chi connectivity index (χ1) is 10.4. The van der Waals surface area contributed by atoms with E-state index in [1.807, 2.05) is 19.9 Å². The van der Waals surface area contributed by atoms with Crippen LogP contribution in [0.25, 0.3) is 0 Å². The molecule has 122 valence electrons. The molecule has 7 heteroatoms. The van der Waals surface area contributed by atoms with Crippen LogP contribution in [0.5, 0.6) is 0 Å². The molecule has 0 unspecified atom stereocenters. The van der Waals surface area contributed by atoms with Gasteiger partial charge in [0.05, 0.1) is 5.69 Å². The lowest BCUT2D eigenvalue weighted by Gasteiger charge is -2.16. The van der Waals surface area contributed by atoms with Gasteiger partial charge in [-0.2, -0.15) is 0 Å². The van der Waals surface area contributed by atoms with Crippen molar-refractivity contribution in [1.82, 2.24) is 15.8 Å². The first-order valence-corrected chi connectivity index (χ1v) is 7.25. The summed E-state index contributed by atoms with van der Waals surface area (Å²) in [5.74, 6) is -1.01. The number of hydrogen-bond donors (Lipinski definition) is 4. The smallest absolute Gasteiger partial charge is 0.320 e. The molecule has 0 aromatic carbocycles. The zero-order valence-electron chi connectivity index (χ0n) is 12.9. The third kappa shape index (κ3) is 6.64. The van der Waals surface area contributed by atoms with Crippen molar-refractivity contribution in [3.05, 3.63) is 29.6 Å². The molecule has 0 radical (unpaired) electrons. The molecule has 4 N–H and O–H groups in total. The minimum absolute atomic E-state index is 0.186. The van der Waals surface area contributed by atoms with Gasteiger partial charge in [-0.15, -0.1) is 0 Å². The highest BCUT2D eigenvalue weighted by atomic mass is 16.5. The average molecular weight is 309 g/mol. The molecule has 1 rings (SSSR count). The van der Waals surface area contributed by atoms with Gasteiger partial charge in [-0.3, -0.25) is 25.1 Å². The maximum Gasteiger partial charge on any atom is 0.320 e. The summed E-state index contributed by atoms with van der Waals surface area (Å²) in [6.45, 7) is 4.33. The van der Waals surface area contributed by atoms with Crippen LogP contribution in [0, 0.1) is 5.92 Å². The Kier molecular flexibility index (Phi) is 7.48. The van der Waals surface area contributed by atoms with E-state index in [2.05, 4.69) is 10.3 Å². The SMILES string of the molecule is CC(C)C[C@H](NCc1ccc(CCC(=O)NO)cn1)C(=O)O. The molecule has 1 amide bonds. The standard InChI is InChI=1S/C15H23N3O4/c1-10(2)7-13(15(20)21)17-9-12-5-3-11(8-16-12)4-6-14(19)18-22/h3,5,8,10,13,17,22H,4,6-7,9H2,1-2H3,(H,18,19)(H,20,21)/t13-/m0/s1. The zero-order valence-corrected chi connectivity index (χ0v) is 12.9. The fourth-order valence-electron chi connectivity index (χ4n) is 1.99. The van der Waals surface area contributed by atoms with Crippen LogP contribution in [0.2, 0.25) is 0 Å². The number of nitrogens with zero attached hydrogens (tertiary/aromatic N) is 1. The Bertz CT molecular complexity index is 488. The number of rotatable bonds is 9. The van der Waals surface area contributed by atoms with Crippen molar-refractivity contribution in [3.8, 4) is 0 Å². The third-order valence-electron chi connectivity index (χ3n) is 3.19. The predicted octanol–water partition coefficient (Wildman–Crippen LogP) is 1.11. The average Bonchev–Trinajstić information content (AvgIpc) is 2.49. The molecule has 0 aliphatic heterocycles. The van der Waals surface area contributed by atoms with E-state index in [0.717, 1.165) is 11.3 Å². The second kappa shape index (κ2) is 9.11. The van der Waals surface area contributed by atoms with E-state index < -0.39 is 17.9 Å². The molecule has 0 bridgehead atoms. The molecule has 0 saturated heterocycles. The Morgan fingerprint density at radius 3 is 2.55 bits per heavy atom. The molecule has 0 aliphatic rings. The number of aryl methyl sites for hydroxylation is 1. The Morgan fingerprint density at radius 1 is 1.32 bits per heavy atom. The maximum absolute atomic E-state index is 11.1. The lowest BCUT2D eigenvalue weighted by Crippen LogP contribution is -2.37. The Hall–Kier alpha value is -1.99.